The molecule has 3 N–H and O–H groups in total. The van der Waals surface area contributed by atoms with E-state index in [1.54, 1.807) is 24.3 Å². The standard InChI is InChI=1S/C14H14N4O2S/c15-7-13-5-6-14(18-9-13)17-8-11-1-3-12(4-2-11)10-21(16,19)20/h1-6,9H,8,10H2,(H,17,18)(H2,16,19,20). The predicted octanol–water partition coefficient (Wildman–Crippen LogP) is 1.35. The molecule has 0 spiro atoms. The summed E-state index contributed by atoms with van der Waals surface area (Å²) in [5, 5.41) is 16.8. The zero-order chi connectivity index (χ0) is 15.3. The maximum atomic E-state index is 11.0. The third-order valence-electron chi connectivity index (χ3n) is 2.76. The second kappa shape index (κ2) is 6.35. The number of pyridine rings is 1. The number of hydrogen-bond donors (Lipinski definition) is 2. The number of benzene rings is 1. The van der Waals surface area contributed by atoms with Crippen LogP contribution >= 0.6 is 0 Å². The molecular weight excluding hydrogens is 288 g/mol. The van der Waals surface area contributed by atoms with Crippen LogP contribution in [0.2, 0.25) is 0 Å². The van der Waals surface area contributed by atoms with Crippen molar-refractivity contribution in [2.24, 2.45) is 5.14 Å². The summed E-state index contributed by atoms with van der Waals surface area (Å²) in [6.45, 7) is 0.550. The van der Waals surface area contributed by atoms with Crippen LogP contribution in [0.4, 0.5) is 5.82 Å². The second-order valence-corrected chi connectivity index (χ2v) is 6.14. The van der Waals surface area contributed by atoms with E-state index in [0.29, 0.717) is 23.5 Å². The van der Waals surface area contributed by atoms with E-state index in [2.05, 4.69) is 10.3 Å². The van der Waals surface area contributed by atoms with E-state index in [0.717, 1.165) is 5.56 Å². The molecule has 0 bridgehead atoms. The van der Waals surface area contributed by atoms with Crippen molar-refractivity contribution in [3.63, 3.8) is 0 Å². The van der Waals surface area contributed by atoms with E-state index in [-0.39, 0.29) is 5.75 Å². The number of nitrogens with zero attached hydrogens (tertiary/aromatic N) is 2. The molecular formula is C14H14N4O2S. The normalized spacial score (nSPS) is 10.9. The summed E-state index contributed by atoms with van der Waals surface area (Å²) >= 11 is 0. The fourth-order valence-corrected chi connectivity index (χ4v) is 2.40. The van der Waals surface area contributed by atoms with Gasteiger partial charge in [0.25, 0.3) is 0 Å². The summed E-state index contributed by atoms with van der Waals surface area (Å²) in [6.07, 6.45) is 1.50. The number of sulfonamides is 1. The maximum Gasteiger partial charge on any atom is 0.213 e. The first-order valence-electron chi connectivity index (χ1n) is 6.14. The van der Waals surface area contributed by atoms with Gasteiger partial charge in [0.05, 0.1) is 11.3 Å². The van der Waals surface area contributed by atoms with Gasteiger partial charge in [-0.3, -0.25) is 0 Å². The van der Waals surface area contributed by atoms with Gasteiger partial charge in [0.2, 0.25) is 10.0 Å². The molecule has 1 aromatic heterocycles. The number of nitriles is 1. The summed E-state index contributed by atoms with van der Waals surface area (Å²) in [7, 11) is -3.50. The Hall–Kier alpha value is -2.43. The van der Waals surface area contributed by atoms with Gasteiger partial charge >= 0.3 is 0 Å². The zero-order valence-electron chi connectivity index (χ0n) is 11.2. The van der Waals surface area contributed by atoms with Crippen LogP contribution in [0.1, 0.15) is 16.7 Å². The summed E-state index contributed by atoms with van der Waals surface area (Å²) in [4.78, 5) is 4.10. The lowest BCUT2D eigenvalue weighted by molar-refractivity contribution is 0.597. The molecule has 0 aliphatic carbocycles. The number of primary sulfonamides is 1. The zero-order valence-corrected chi connectivity index (χ0v) is 12.0. The first-order chi connectivity index (χ1) is 9.96. The van der Waals surface area contributed by atoms with Crippen molar-refractivity contribution in [1.82, 2.24) is 4.98 Å². The monoisotopic (exact) mass is 302 g/mol. The minimum atomic E-state index is -3.50. The SMILES string of the molecule is N#Cc1ccc(NCc2ccc(CS(N)(=O)=O)cc2)nc1. The highest BCUT2D eigenvalue weighted by Gasteiger charge is 2.04. The highest BCUT2D eigenvalue weighted by Crippen LogP contribution is 2.10. The molecule has 0 fully saturated rings. The third kappa shape index (κ3) is 4.87. The van der Waals surface area contributed by atoms with Gasteiger partial charge in [-0.2, -0.15) is 5.26 Å². The van der Waals surface area contributed by atoms with Gasteiger partial charge < -0.3 is 5.32 Å². The number of anilines is 1. The third-order valence-corrected chi connectivity index (χ3v) is 3.49. The van der Waals surface area contributed by atoms with Gasteiger partial charge in [-0.05, 0) is 23.3 Å². The van der Waals surface area contributed by atoms with E-state index < -0.39 is 10.0 Å². The lowest BCUT2D eigenvalue weighted by Gasteiger charge is -2.06. The molecule has 2 rings (SSSR count). The Bertz CT molecular complexity index is 747. The van der Waals surface area contributed by atoms with Crippen molar-refractivity contribution < 1.29 is 8.42 Å². The van der Waals surface area contributed by atoms with Crippen molar-refractivity contribution in [3.8, 4) is 6.07 Å². The van der Waals surface area contributed by atoms with Crippen LogP contribution in [0.5, 0.6) is 0 Å². The first-order valence-corrected chi connectivity index (χ1v) is 7.86. The first kappa shape index (κ1) is 15.0. The summed E-state index contributed by atoms with van der Waals surface area (Å²) in [5.41, 5.74) is 2.14. The largest absolute Gasteiger partial charge is 0.366 e. The van der Waals surface area contributed by atoms with E-state index >= 15 is 0 Å². The molecule has 0 atom stereocenters. The summed E-state index contributed by atoms with van der Waals surface area (Å²) < 4.78 is 22.0. The van der Waals surface area contributed by atoms with Gasteiger partial charge in [0.15, 0.2) is 0 Å². The molecule has 0 aliphatic rings. The van der Waals surface area contributed by atoms with Crippen molar-refractivity contribution in [1.29, 1.82) is 5.26 Å². The molecule has 21 heavy (non-hydrogen) atoms. The molecule has 1 heterocycles. The smallest absolute Gasteiger partial charge is 0.213 e. The fourth-order valence-electron chi connectivity index (χ4n) is 1.74. The number of hydrogen-bond acceptors (Lipinski definition) is 5. The molecule has 0 saturated heterocycles. The van der Waals surface area contributed by atoms with Gasteiger partial charge in [-0.1, -0.05) is 24.3 Å². The fraction of sp³-hybridized carbons (Fsp3) is 0.143. The van der Waals surface area contributed by atoms with Gasteiger partial charge in [0.1, 0.15) is 11.9 Å². The Balaban J connectivity index is 1.95. The van der Waals surface area contributed by atoms with E-state index in [1.165, 1.54) is 6.20 Å². The van der Waals surface area contributed by atoms with E-state index in [9.17, 15) is 8.42 Å². The van der Waals surface area contributed by atoms with Crippen LogP contribution in [0, 0.1) is 11.3 Å². The van der Waals surface area contributed by atoms with Crippen molar-refractivity contribution in [3.05, 3.63) is 59.3 Å². The Morgan fingerprint density at radius 2 is 1.81 bits per heavy atom. The Morgan fingerprint density at radius 3 is 2.33 bits per heavy atom. The predicted molar refractivity (Wildman–Crippen MR) is 79.5 cm³/mol. The lowest BCUT2D eigenvalue weighted by atomic mass is 10.1. The number of rotatable bonds is 5. The highest BCUT2D eigenvalue weighted by molar-refractivity contribution is 7.88. The minimum absolute atomic E-state index is 0.169. The van der Waals surface area contributed by atoms with Crippen LogP contribution < -0.4 is 10.5 Å². The van der Waals surface area contributed by atoms with Crippen molar-refractivity contribution in [2.45, 2.75) is 12.3 Å². The van der Waals surface area contributed by atoms with Crippen LogP contribution in [-0.4, -0.2) is 13.4 Å². The Kier molecular flexibility index (Phi) is 4.52. The highest BCUT2D eigenvalue weighted by atomic mass is 32.2. The summed E-state index contributed by atoms with van der Waals surface area (Å²) in [5.74, 6) is 0.500. The molecule has 6 nitrogen and oxygen atoms in total. The van der Waals surface area contributed by atoms with Gasteiger partial charge in [0, 0.05) is 12.7 Å². The Morgan fingerprint density at radius 1 is 1.14 bits per heavy atom. The molecule has 7 heteroatoms. The van der Waals surface area contributed by atoms with Crippen molar-refractivity contribution in [2.75, 3.05) is 5.32 Å². The molecule has 1 aromatic carbocycles. The molecule has 0 saturated carbocycles. The van der Waals surface area contributed by atoms with Gasteiger partial charge in [-0.15, -0.1) is 0 Å². The lowest BCUT2D eigenvalue weighted by Crippen LogP contribution is -2.14. The van der Waals surface area contributed by atoms with E-state index in [4.69, 9.17) is 10.4 Å². The average Bonchev–Trinajstić information content (AvgIpc) is 2.45. The molecule has 108 valence electrons. The molecule has 2 aromatic rings. The average molecular weight is 302 g/mol. The number of nitrogens with one attached hydrogen (secondary N) is 1. The number of nitrogens with two attached hydrogens (primary N) is 1. The molecule has 0 radical (unpaired) electrons. The van der Waals surface area contributed by atoms with E-state index in [1.807, 2.05) is 18.2 Å². The van der Waals surface area contributed by atoms with Crippen LogP contribution in [0.3, 0.4) is 0 Å². The molecule has 0 amide bonds. The molecule has 0 aliphatic heterocycles. The Labute approximate surface area is 123 Å². The second-order valence-electron chi connectivity index (χ2n) is 4.52. The number of aromatic nitrogens is 1. The quantitative estimate of drug-likeness (QED) is 0.866. The topological polar surface area (TPSA) is 109 Å². The van der Waals surface area contributed by atoms with Crippen LogP contribution in [-0.2, 0) is 22.3 Å². The molecule has 0 unspecified atom stereocenters. The minimum Gasteiger partial charge on any atom is -0.366 e. The van der Waals surface area contributed by atoms with Crippen LogP contribution in [0.25, 0.3) is 0 Å². The van der Waals surface area contributed by atoms with Gasteiger partial charge in [-0.25, -0.2) is 18.5 Å². The van der Waals surface area contributed by atoms with Crippen LogP contribution in [0.15, 0.2) is 42.6 Å². The van der Waals surface area contributed by atoms with Crippen molar-refractivity contribution >= 4 is 15.8 Å². The summed E-state index contributed by atoms with van der Waals surface area (Å²) in [6, 6.07) is 12.5. The maximum absolute atomic E-state index is 11.0.